The van der Waals surface area contributed by atoms with E-state index in [2.05, 4.69) is 0 Å². The number of aliphatic hydroxyl groups excluding tert-OH is 3. The largest absolute Gasteiger partial charge is 0.396 e. The van der Waals surface area contributed by atoms with Crippen LogP contribution in [0.3, 0.4) is 0 Å². The minimum Gasteiger partial charge on any atom is -0.396 e. The summed E-state index contributed by atoms with van der Waals surface area (Å²) in [4.78, 5) is 0. The van der Waals surface area contributed by atoms with E-state index < -0.39 is 17.8 Å². The lowest BCUT2D eigenvalue weighted by Gasteiger charge is -2.43. The topological polar surface area (TPSA) is 80.9 Å². The molecule has 0 aliphatic heterocycles. The Hall–Kier alpha value is -0.160. The van der Waals surface area contributed by atoms with Crippen LogP contribution in [0, 0.1) is 0 Å². The molecule has 0 spiro atoms. The summed E-state index contributed by atoms with van der Waals surface area (Å²) in [6.07, 6.45) is -0.796. The molecule has 0 aromatic heterocycles. The third-order valence-electron chi connectivity index (χ3n) is 2.20. The van der Waals surface area contributed by atoms with Gasteiger partial charge in [-0.15, -0.1) is 0 Å². The van der Waals surface area contributed by atoms with Gasteiger partial charge in [0.15, 0.2) is 0 Å². The fraction of sp³-hybridized carbons (Fsp3) is 1.00. The first-order chi connectivity index (χ1) is 5.08. The molecule has 0 aromatic rings. The highest BCUT2D eigenvalue weighted by Crippen LogP contribution is 2.36. The van der Waals surface area contributed by atoms with Crippen LogP contribution >= 0.6 is 0 Å². The average Bonchev–Trinajstić information content (AvgIpc) is 1.85. The van der Waals surface area contributed by atoms with E-state index in [1.54, 1.807) is 0 Å². The zero-order valence-electron chi connectivity index (χ0n) is 6.27. The molecule has 0 heterocycles. The second kappa shape index (κ2) is 3.06. The number of aliphatic hydroxyl groups is 4. The lowest BCUT2D eigenvalue weighted by Crippen LogP contribution is -2.55. The van der Waals surface area contributed by atoms with Gasteiger partial charge in [-0.1, -0.05) is 0 Å². The first-order valence-corrected chi connectivity index (χ1v) is 3.78. The van der Waals surface area contributed by atoms with Crippen molar-refractivity contribution in [3.63, 3.8) is 0 Å². The third-order valence-corrected chi connectivity index (χ3v) is 2.20. The van der Waals surface area contributed by atoms with Crippen LogP contribution in [-0.2, 0) is 0 Å². The fourth-order valence-electron chi connectivity index (χ4n) is 1.42. The van der Waals surface area contributed by atoms with E-state index in [0.717, 1.165) is 0 Å². The molecule has 4 heteroatoms. The second-order valence-corrected chi connectivity index (χ2v) is 3.19. The first kappa shape index (κ1) is 8.93. The van der Waals surface area contributed by atoms with Crippen molar-refractivity contribution in [1.82, 2.24) is 0 Å². The number of hydrogen-bond acceptors (Lipinski definition) is 4. The highest BCUT2D eigenvalue weighted by atomic mass is 16.4. The predicted molar refractivity (Wildman–Crippen MR) is 37.9 cm³/mol. The molecule has 4 N–H and O–H groups in total. The van der Waals surface area contributed by atoms with Crippen molar-refractivity contribution in [3.05, 3.63) is 0 Å². The standard InChI is InChI=1S/C7H14O4/c8-2-1-6(10)7(11)3-5(9)4-7/h5-6,8-11H,1-4H2. The molecule has 1 aliphatic carbocycles. The molecule has 0 amide bonds. The van der Waals surface area contributed by atoms with Gasteiger partial charge in [0.05, 0.1) is 17.8 Å². The van der Waals surface area contributed by atoms with E-state index in [-0.39, 0.29) is 25.9 Å². The summed E-state index contributed by atoms with van der Waals surface area (Å²) >= 11 is 0. The monoisotopic (exact) mass is 162 g/mol. The fourth-order valence-corrected chi connectivity index (χ4v) is 1.42. The van der Waals surface area contributed by atoms with Crippen LogP contribution in [-0.4, -0.2) is 44.8 Å². The number of hydrogen-bond donors (Lipinski definition) is 4. The average molecular weight is 162 g/mol. The lowest BCUT2D eigenvalue weighted by atomic mass is 9.73. The molecule has 0 radical (unpaired) electrons. The van der Waals surface area contributed by atoms with Crippen LogP contribution in [0.5, 0.6) is 0 Å². The van der Waals surface area contributed by atoms with Crippen molar-refractivity contribution in [2.45, 2.75) is 37.1 Å². The van der Waals surface area contributed by atoms with Gasteiger partial charge in [0.25, 0.3) is 0 Å². The minimum absolute atomic E-state index is 0.139. The van der Waals surface area contributed by atoms with Gasteiger partial charge in [0, 0.05) is 19.4 Å². The summed E-state index contributed by atoms with van der Waals surface area (Å²) in [5.41, 5.74) is -1.15. The summed E-state index contributed by atoms with van der Waals surface area (Å²) in [7, 11) is 0. The van der Waals surface area contributed by atoms with Gasteiger partial charge in [-0.25, -0.2) is 0 Å². The van der Waals surface area contributed by atoms with Crippen LogP contribution in [0.15, 0.2) is 0 Å². The molecule has 0 aromatic carbocycles. The predicted octanol–water partition coefficient (Wildman–Crippen LogP) is -1.38. The molecular weight excluding hydrogens is 148 g/mol. The second-order valence-electron chi connectivity index (χ2n) is 3.19. The van der Waals surface area contributed by atoms with Crippen molar-refractivity contribution >= 4 is 0 Å². The SMILES string of the molecule is OCCC(O)C1(O)CC(O)C1. The Labute approximate surface area is 65.1 Å². The van der Waals surface area contributed by atoms with Crippen molar-refractivity contribution in [1.29, 1.82) is 0 Å². The van der Waals surface area contributed by atoms with E-state index >= 15 is 0 Å². The van der Waals surface area contributed by atoms with Crippen molar-refractivity contribution in [3.8, 4) is 0 Å². The highest BCUT2D eigenvalue weighted by molar-refractivity contribution is 4.99. The van der Waals surface area contributed by atoms with Crippen LogP contribution in [0.25, 0.3) is 0 Å². The smallest absolute Gasteiger partial charge is 0.0955 e. The summed E-state index contributed by atoms with van der Waals surface area (Å²) in [6, 6.07) is 0. The maximum absolute atomic E-state index is 9.46. The van der Waals surface area contributed by atoms with E-state index in [0.29, 0.717) is 0 Å². The molecule has 1 saturated carbocycles. The molecule has 4 nitrogen and oxygen atoms in total. The van der Waals surface area contributed by atoms with Gasteiger partial charge in [-0.3, -0.25) is 0 Å². The van der Waals surface area contributed by atoms with Gasteiger partial charge in [0.1, 0.15) is 0 Å². The maximum Gasteiger partial charge on any atom is 0.0955 e. The highest BCUT2D eigenvalue weighted by Gasteiger charge is 2.46. The Morgan fingerprint density at radius 1 is 1.45 bits per heavy atom. The Morgan fingerprint density at radius 2 is 2.00 bits per heavy atom. The van der Waals surface area contributed by atoms with Gasteiger partial charge in [-0.05, 0) is 6.42 Å². The quantitative estimate of drug-likeness (QED) is 0.412. The normalized spacial score (nSPS) is 39.8. The Bertz CT molecular complexity index is 130. The molecular formula is C7H14O4. The lowest BCUT2D eigenvalue weighted by molar-refractivity contribution is -0.177. The van der Waals surface area contributed by atoms with Gasteiger partial charge in [-0.2, -0.15) is 0 Å². The summed E-state index contributed by atoms with van der Waals surface area (Å²) < 4.78 is 0. The van der Waals surface area contributed by atoms with E-state index in [9.17, 15) is 10.2 Å². The van der Waals surface area contributed by atoms with Crippen molar-refractivity contribution in [2.24, 2.45) is 0 Å². The first-order valence-electron chi connectivity index (χ1n) is 3.78. The molecule has 66 valence electrons. The van der Waals surface area contributed by atoms with Crippen molar-refractivity contribution in [2.75, 3.05) is 6.61 Å². The molecule has 11 heavy (non-hydrogen) atoms. The van der Waals surface area contributed by atoms with E-state index in [4.69, 9.17) is 10.2 Å². The Kier molecular flexibility index (Phi) is 2.49. The molecule has 1 unspecified atom stereocenters. The maximum atomic E-state index is 9.46. The minimum atomic E-state index is -1.15. The molecule has 1 atom stereocenters. The molecule has 0 saturated heterocycles. The van der Waals surface area contributed by atoms with Crippen molar-refractivity contribution < 1.29 is 20.4 Å². The van der Waals surface area contributed by atoms with Gasteiger partial charge >= 0.3 is 0 Å². The third kappa shape index (κ3) is 1.70. The van der Waals surface area contributed by atoms with Gasteiger partial charge in [0.2, 0.25) is 0 Å². The molecule has 0 bridgehead atoms. The van der Waals surface area contributed by atoms with Crippen LogP contribution in [0.2, 0.25) is 0 Å². The Balaban J connectivity index is 2.34. The Morgan fingerprint density at radius 3 is 2.36 bits per heavy atom. The summed E-state index contributed by atoms with van der Waals surface area (Å²) in [6.45, 7) is -0.139. The van der Waals surface area contributed by atoms with Crippen LogP contribution < -0.4 is 0 Å². The zero-order valence-corrected chi connectivity index (χ0v) is 6.27. The molecule has 1 rings (SSSR count). The van der Waals surface area contributed by atoms with Crippen LogP contribution in [0.4, 0.5) is 0 Å². The molecule has 1 aliphatic rings. The van der Waals surface area contributed by atoms with E-state index in [1.807, 2.05) is 0 Å². The summed E-state index contributed by atoms with van der Waals surface area (Å²) in [5.74, 6) is 0. The zero-order chi connectivity index (χ0) is 8.48. The number of rotatable bonds is 3. The molecule has 1 fully saturated rings. The van der Waals surface area contributed by atoms with E-state index in [1.165, 1.54) is 0 Å². The van der Waals surface area contributed by atoms with Crippen LogP contribution in [0.1, 0.15) is 19.3 Å². The summed E-state index contributed by atoms with van der Waals surface area (Å²) in [5, 5.41) is 36.0. The van der Waals surface area contributed by atoms with Gasteiger partial charge < -0.3 is 20.4 Å².